The van der Waals surface area contributed by atoms with Crippen LogP contribution in [-0.4, -0.2) is 5.75 Å². The number of benzene rings is 2. The van der Waals surface area contributed by atoms with E-state index in [9.17, 15) is 0 Å². The number of hydrogen-bond acceptors (Lipinski definition) is 1. The topological polar surface area (TPSA) is 0 Å². The zero-order chi connectivity index (χ0) is 15.5. The van der Waals surface area contributed by atoms with Gasteiger partial charge >= 0.3 is 0 Å². The van der Waals surface area contributed by atoms with Crippen molar-refractivity contribution in [2.24, 2.45) is 0 Å². The molecule has 0 aliphatic heterocycles. The van der Waals surface area contributed by atoms with Crippen LogP contribution in [0.25, 0.3) is 0 Å². The standard InChI is InChI=1S/C21H28S/c1-2-3-4-5-6-13-18-22-21(19-14-9-7-10-15-19)20-16-11-8-12-17-20/h7-12,14-17,21H,2-6,13,18H2,1H3. The molecule has 0 spiro atoms. The van der Waals surface area contributed by atoms with Crippen LogP contribution in [0, 0.1) is 0 Å². The van der Waals surface area contributed by atoms with E-state index in [4.69, 9.17) is 0 Å². The zero-order valence-electron chi connectivity index (χ0n) is 13.7. The van der Waals surface area contributed by atoms with Gasteiger partial charge in [-0.3, -0.25) is 0 Å². The smallest absolute Gasteiger partial charge is 0.0546 e. The lowest BCUT2D eigenvalue weighted by Crippen LogP contribution is -1.98. The Balaban J connectivity index is 1.87. The van der Waals surface area contributed by atoms with Crippen LogP contribution in [0.1, 0.15) is 61.8 Å². The van der Waals surface area contributed by atoms with E-state index in [1.54, 1.807) is 0 Å². The molecule has 0 heterocycles. The molecule has 0 nitrogen and oxygen atoms in total. The maximum absolute atomic E-state index is 2.28. The zero-order valence-corrected chi connectivity index (χ0v) is 14.5. The minimum Gasteiger partial charge on any atom is -0.149 e. The lowest BCUT2D eigenvalue weighted by atomic mass is 10.0. The predicted molar refractivity (Wildman–Crippen MR) is 101 cm³/mol. The van der Waals surface area contributed by atoms with E-state index in [-0.39, 0.29) is 0 Å². The Kier molecular flexibility index (Phi) is 8.19. The van der Waals surface area contributed by atoms with Crippen LogP contribution in [0.5, 0.6) is 0 Å². The van der Waals surface area contributed by atoms with Crippen molar-refractivity contribution < 1.29 is 0 Å². The summed E-state index contributed by atoms with van der Waals surface area (Å²) < 4.78 is 0. The molecule has 0 atom stereocenters. The van der Waals surface area contributed by atoms with Gasteiger partial charge in [0.05, 0.1) is 5.25 Å². The Morgan fingerprint density at radius 3 is 1.73 bits per heavy atom. The molecule has 0 saturated heterocycles. The molecule has 0 unspecified atom stereocenters. The summed E-state index contributed by atoms with van der Waals surface area (Å²) >= 11 is 2.09. The lowest BCUT2D eigenvalue weighted by molar-refractivity contribution is 0.627. The van der Waals surface area contributed by atoms with Gasteiger partial charge < -0.3 is 0 Å². The average Bonchev–Trinajstić information content (AvgIpc) is 2.59. The molecule has 0 N–H and O–H groups in total. The van der Waals surface area contributed by atoms with Crippen LogP contribution in [0.2, 0.25) is 0 Å². The molecule has 0 aliphatic carbocycles. The Hall–Kier alpha value is -1.21. The third-order valence-corrected chi connectivity index (χ3v) is 5.39. The number of rotatable bonds is 10. The summed E-state index contributed by atoms with van der Waals surface area (Å²) in [6.07, 6.45) is 8.24. The fourth-order valence-corrected chi connectivity index (χ4v) is 4.03. The van der Waals surface area contributed by atoms with Crippen molar-refractivity contribution in [2.45, 2.75) is 50.7 Å². The van der Waals surface area contributed by atoms with Crippen molar-refractivity contribution in [3.8, 4) is 0 Å². The normalized spacial score (nSPS) is 11.0. The molecule has 0 aliphatic rings. The Bertz CT molecular complexity index is 452. The van der Waals surface area contributed by atoms with Gasteiger partial charge in [-0.05, 0) is 23.3 Å². The van der Waals surface area contributed by atoms with E-state index in [0.717, 1.165) is 0 Å². The molecule has 0 radical (unpaired) electrons. The molecule has 0 amide bonds. The fraction of sp³-hybridized carbons (Fsp3) is 0.429. The molecular formula is C21H28S. The highest BCUT2D eigenvalue weighted by atomic mass is 32.2. The molecule has 0 fully saturated rings. The Morgan fingerprint density at radius 2 is 1.18 bits per heavy atom. The first-order valence-corrected chi connectivity index (χ1v) is 9.68. The van der Waals surface area contributed by atoms with E-state index in [1.807, 2.05) is 0 Å². The SMILES string of the molecule is CCCCCCCCSC(c1ccccc1)c1ccccc1. The third-order valence-electron chi connectivity index (χ3n) is 3.99. The van der Waals surface area contributed by atoms with E-state index in [2.05, 4.69) is 79.3 Å². The predicted octanol–water partition coefficient (Wildman–Crippen LogP) is 6.87. The number of hydrogen-bond donors (Lipinski definition) is 0. The highest BCUT2D eigenvalue weighted by Gasteiger charge is 2.13. The molecule has 1 heteroatoms. The lowest BCUT2D eigenvalue weighted by Gasteiger charge is -2.17. The quantitative estimate of drug-likeness (QED) is 0.431. The van der Waals surface area contributed by atoms with Crippen molar-refractivity contribution in [1.29, 1.82) is 0 Å². The maximum atomic E-state index is 2.28. The second kappa shape index (κ2) is 10.5. The summed E-state index contributed by atoms with van der Waals surface area (Å²) in [6.45, 7) is 2.28. The van der Waals surface area contributed by atoms with Crippen LogP contribution in [0.3, 0.4) is 0 Å². The molecule has 2 aromatic carbocycles. The number of unbranched alkanes of at least 4 members (excludes halogenated alkanes) is 5. The molecule has 118 valence electrons. The summed E-state index contributed by atoms with van der Waals surface area (Å²) in [6, 6.07) is 21.8. The summed E-state index contributed by atoms with van der Waals surface area (Å²) in [5.41, 5.74) is 2.84. The second-order valence-corrected chi connectivity index (χ2v) is 7.05. The van der Waals surface area contributed by atoms with Gasteiger partial charge in [0.1, 0.15) is 0 Å². The van der Waals surface area contributed by atoms with Gasteiger partial charge in [-0.15, -0.1) is 11.8 Å². The van der Waals surface area contributed by atoms with Crippen LogP contribution < -0.4 is 0 Å². The highest BCUT2D eigenvalue weighted by molar-refractivity contribution is 7.99. The van der Waals surface area contributed by atoms with Gasteiger partial charge in [-0.1, -0.05) is 99.7 Å². The van der Waals surface area contributed by atoms with Crippen LogP contribution in [0.4, 0.5) is 0 Å². The van der Waals surface area contributed by atoms with Crippen molar-refractivity contribution in [1.82, 2.24) is 0 Å². The van der Waals surface area contributed by atoms with Gasteiger partial charge in [0.25, 0.3) is 0 Å². The van der Waals surface area contributed by atoms with Crippen molar-refractivity contribution in [3.05, 3.63) is 71.8 Å². The van der Waals surface area contributed by atoms with Crippen LogP contribution >= 0.6 is 11.8 Å². The Labute approximate surface area is 140 Å². The van der Waals surface area contributed by atoms with Gasteiger partial charge in [-0.25, -0.2) is 0 Å². The fourth-order valence-electron chi connectivity index (χ4n) is 2.72. The maximum Gasteiger partial charge on any atom is 0.0546 e. The first-order chi connectivity index (χ1) is 10.9. The van der Waals surface area contributed by atoms with Crippen molar-refractivity contribution in [3.63, 3.8) is 0 Å². The van der Waals surface area contributed by atoms with E-state index in [0.29, 0.717) is 5.25 Å². The first kappa shape index (κ1) is 17.1. The molecule has 22 heavy (non-hydrogen) atoms. The Morgan fingerprint density at radius 1 is 0.682 bits per heavy atom. The first-order valence-electron chi connectivity index (χ1n) is 8.63. The van der Waals surface area contributed by atoms with Crippen LogP contribution in [-0.2, 0) is 0 Å². The minimum atomic E-state index is 0.470. The molecule has 0 saturated carbocycles. The highest BCUT2D eigenvalue weighted by Crippen LogP contribution is 2.36. The van der Waals surface area contributed by atoms with E-state index in [1.165, 1.54) is 55.4 Å². The van der Waals surface area contributed by atoms with Crippen molar-refractivity contribution >= 4 is 11.8 Å². The van der Waals surface area contributed by atoms with Crippen molar-refractivity contribution in [2.75, 3.05) is 5.75 Å². The third kappa shape index (κ3) is 5.88. The van der Waals surface area contributed by atoms with Gasteiger partial charge in [0.15, 0.2) is 0 Å². The average molecular weight is 313 g/mol. The minimum absolute atomic E-state index is 0.470. The van der Waals surface area contributed by atoms with E-state index >= 15 is 0 Å². The largest absolute Gasteiger partial charge is 0.149 e. The van der Waals surface area contributed by atoms with Crippen LogP contribution in [0.15, 0.2) is 60.7 Å². The van der Waals surface area contributed by atoms with Gasteiger partial charge in [0.2, 0.25) is 0 Å². The summed E-state index contributed by atoms with van der Waals surface area (Å²) in [7, 11) is 0. The summed E-state index contributed by atoms with van der Waals surface area (Å²) in [4.78, 5) is 0. The van der Waals surface area contributed by atoms with Gasteiger partial charge in [0, 0.05) is 0 Å². The molecule has 2 aromatic rings. The number of thioether (sulfide) groups is 1. The molecule has 0 aromatic heterocycles. The molecule has 0 bridgehead atoms. The molecule has 2 rings (SSSR count). The van der Waals surface area contributed by atoms with Gasteiger partial charge in [-0.2, -0.15) is 0 Å². The summed E-state index contributed by atoms with van der Waals surface area (Å²) in [5.74, 6) is 1.25. The van der Waals surface area contributed by atoms with E-state index < -0.39 is 0 Å². The second-order valence-electron chi connectivity index (χ2n) is 5.84. The summed E-state index contributed by atoms with van der Waals surface area (Å²) in [5, 5.41) is 0.470. The monoisotopic (exact) mass is 312 g/mol. The molecular weight excluding hydrogens is 284 g/mol.